The molecule has 1 N–H and O–H groups in total. The van der Waals surface area contributed by atoms with Gasteiger partial charge in [-0.2, -0.15) is 0 Å². The van der Waals surface area contributed by atoms with Crippen LogP contribution in [0.4, 0.5) is 5.69 Å². The highest BCUT2D eigenvalue weighted by molar-refractivity contribution is 6.04. The Morgan fingerprint density at radius 2 is 1.97 bits per heavy atom. The Kier molecular flexibility index (Phi) is 7.75. The molecule has 9 nitrogen and oxygen atoms in total. The van der Waals surface area contributed by atoms with Crippen LogP contribution in [0.2, 0.25) is 0 Å². The quantitative estimate of drug-likeness (QED) is 0.339. The average molecular weight is 513 g/mol. The van der Waals surface area contributed by atoms with Crippen molar-refractivity contribution in [3.05, 3.63) is 49.6 Å². The predicted molar refractivity (Wildman–Crippen MR) is 137 cm³/mol. The number of hydrogen-bond donors (Lipinski definition) is 1. The van der Waals surface area contributed by atoms with Gasteiger partial charge >= 0.3 is 5.97 Å². The smallest absolute Gasteiger partial charge is 0.313 e. The highest BCUT2D eigenvalue weighted by atomic mass is 16.6. The maximum atomic E-state index is 14.4. The molecule has 1 aromatic carbocycles. The lowest BCUT2D eigenvalue weighted by molar-refractivity contribution is -0.159. The van der Waals surface area contributed by atoms with Gasteiger partial charge in [0.1, 0.15) is 29.9 Å². The normalized spacial score (nSPS) is 29.6. The van der Waals surface area contributed by atoms with Gasteiger partial charge < -0.3 is 29.1 Å². The minimum atomic E-state index is -1.16. The Hall–Kier alpha value is -3.17. The molecule has 9 heteroatoms. The summed E-state index contributed by atoms with van der Waals surface area (Å²) in [7, 11) is 1.57. The van der Waals surface area contributed by atoms with Crippen LogP contribution in [0.25, 0.3) is 0 Å². The van der Waals surface area contributed by atoms with Crippen LogP contribution < -0.4 is 9.64 Å². The molecule has 1 spiro atoms. The summed E-state index contributed by atoms with van der Waals surface area (Å²) in [6.07, 6.45) is 4.94. The molecule has 3 fully saturated rings. The number of rotatable bonds is 12. The van der Waals surface area contributed by atoms with E-state index in [-0.39, 0.29) is 38.1 Å². The molecule has 0 saturated carbocycles. The number of aliphatic hydroxyl groups is 1. The summed E-state index contributed by atoms with van der Waals surface area (Å²) in [5, 5.41) is 9.53. The number of carbonyl (C=O) groups is 3. The zero-order valence-corrected chi connectivity index (χ0v) is 21.6. The van der Waals surface area contributed by atoms with Crippen molar-refractivity contribution < 1.29 is 33.7 Å². The summed E-state index contributed by atoms with van der Waals surface area (Å²) < 4.78 is 17.4. The minimum Gasteiger partial charge on any atom is -0.497 e. The number of esters is 1. The highest BCUT2D eigenvalue weighted by Crippen LogP contribution is 2.64. The standard InChI is InChI=1S/C28H36N2O7/c1-5-15-29(19-9-11-20(35-4)12-10-19)25(33)23-28-14-13-27(7-3,37-28)22(26(34)36-18-6-2)21(28)24(32)30(23)16-8-17-31/h5-6,9-12,21-23,31H,1-2,7-8,13-18H2,3-4H3/t21-,22-,23?,27+,28?/m0/s1. The Labute approximate surface area is 217 Å². The third-order valence-corrected chi connectivity index (χ3v) is 8.03. The van der Waals surface area contributed by atoms with Gasteiger partial charge in [0.05, 0.1) is 18.6 Å². The third kappa shape index (κ3) is 4.24. The number of nitrogens with zero attached hydrogens (tertiary/aromatic N) is 2. The largest absolute Gasteiger partial charge is 0.497 e. The summed E-state index contributed by atoms with van der Waals surface area (Å²) in [5.74, 6) is -2.14. The van der Waals surface area contributed by atoms with E-state index in [0.717, 1.165) is 0 Å². The molecule has 3 heterocycles. The van der Waals surface area contributed by atoms with E-state index < -0.39 is 35.0 Å². The van der Waals surface area contributed by atoms with Crippen molar-refractivity contribution in [3.63, 3.8) is 0 Å². The summed E-state index contributed by atoms with van der Waals surface area (Å²) in [6, 6.07) is 6.13. The maximum Gasteiger partial charge on any atom is 0.313 e. The Morgan fingerprint density at radius 1 is 1.24 bits per heavy atom. The summed E-state index contributed by atoms with van der Waals surface area (Å²) in [5.41, 5.74) is -1.41. The number of aliphatic hydroxyl groups excluding tert-OH is 1. The SMILES string of the molecule is C=CCOC(=O)[C@@H]1[C@H]2C(=O)N(CCCO)C(C(=O)N(CC=C)c3ccc(OC)cc3)C23CC[C@@]1(CC)O3. The lowest BCUT2D eigenvalue weighted by Crippen LogP contribution is -2.56. The van der Waals surface area contributed by atoms with Crippen LogP contribution in [0.3, 0.4) is 0 Å². The van der Waals surface area contributed by atoms with E-state index in [1.165, 1.54) is 11.0 Å². The number of anilines is 1. The van der Waals surface area contributed by atoms with E-state index in [9.17, 15) is 19.5 Å². The van der Waals surface area contributed by atoms with Crippen LogP contribution in [0.1, 0.15) is 32.6 Å². The number of likely N-dealkylation sites (tertiary alicyclic amines) is 1. The topological polar surface area (TPSA) is 106 Å². The van der Waals surface area contributed by atoms with Gasteiger partial charge in [0, 0.05) is 25.4 Å². The third-order valence-electron chi connectivity index (χ3n) is 8.03. The lowest BCUT2D eigenvalue weighted by atomic mass is 9.65. The predicted octanol–water partition coefficient (Wildman–Crippen LogP) is 2.48. The molecule has 2 amide bonds. The minimum absolute atomic E-state index is 0.0320. The summed E-state index contributed by atoms with van der Waals surface area (Å²) in [6.45, 7) is 9.64. The molecule has 3 aliphatic rings. The first-order valence-electron chi connectivity index (χ1n) is 12.8. The molecular formula is C28H36N2O7. The first kappa shape index (κ1) is 26.9. The number of amides is 2. The van der Waals surface area contributed by atoms with E-state index in [0.29, 0.717) is 37.1 Å². The van der Waals surface area contributed by atoms with Crippen LogP contribution in [-0.4, -0.2) is 78.4 Å². The Balaban J connectivity index is 1.78. The fraction of sp³-hybridized carbons (Fsp3) is 0.536. The monoisotopic (exact) mass is 512 g/mol. The number of hydrogen-bond acceptors (Lipinski definition) is 7. The van der Waals surface area contributed by atoms with Gasteiger partial charge in [-0.05, 0) is 49.9 Å². The van der Waals surface area contributed by atoms with Crippen LogP contribution in [0.5, 0.6) is 5.75 Å². The van der Waals surface area contributed by atoms with Crippen LogP contribution >= 0.6 is 0 Å². The summed E-state index contributed by atoms with van der Waals surface area (Å²) in [4.78, 5) is 44.7. The second-order valence-corrected chi connectivity index (χ2v) is 9.80. The molecule has 0 aromatic heterocycles. The molecule has 3 saturated heterocycles. The van der Waals surface area contributed by atoms with Crippen molar-refractivity contribution in [1.29, 1.82) is 0 Å². The van der Waals surface area contributed by atoms with Crippen LogP contribution in [-0.2, 0) is 23.9 Å². The molecule has 0 radical (unpaired) electrons. The van der Waals surface area contributed by atoms with Crippen molar-refractivity contribution in [3.8, 4) is 5.75 Å². The first-order chi connectivity index (χ1) is 17.8. The fourth-order valence-corrected chi connectivity index (χ4v) is 6.43. The molecule has 37 heavy (non-hydrogen) atoms. The number of methoxy groups -OCH3 is 1. The van der Waals surface area contributed by atoms with Crippen molar-refractivity contribution in [2.24, 2.45) is 11.8 Å². The average Bonchev–Trinajstić information content (AvgIpc) is 3.52. The second kappa shape index (κ2) is 10.7. The molecule has 2 unspecified atom stereocenters. The number of ether oxygens (including phenoxy) is 3. The molecule has 2 bridgehead atoms. The van der Waals surface area contributed by atoms with E-state index in [4.69, 9.17) is 14.2 Å². The van der Waals surface area contributed by atoms with Gasteiger partial charge in [-0.3, -0.25) is 14.4 Å². The van der Waals surface area contributed by atoms with Gasteiger partial charge in [0.25, 0.3) is 5.91 Å². The molecule has 0 aliphatic carbocycles. The zero-order chi connectivity index (χ0) is 26.8. The van der Waals surface area contributed by atoms with E-state index >= 15 is 0 Å². The van der Waals surface area contributed by atoms with Crippen molar-refractivity contribution >= 4 is 23.5 Å². The summed E-state index contributed by atoms with van der Waals surface area (Å²) >= 11 is 0. The Bertz CT molecular complexity index is 1060. The molecule has 5 atom stereocenters. The van der Waals surface area contributed by atoms with Gasteiger partial charge in [-0.1, -0.05) is 25.7 Å². The van der Waals surface area contributed by atoms with Gasteiger partial charge in [0.15, 0.2) is 0 Å². The second-order valence-electron chi connectivity index (χ2n) is 9.80. The van der Waals surface area contributed by atoms with E-state index in [1.807, 2.05) is 6.92 Å². The van der Waals surface area contributed by atoms with Gasteiger partial charge in [-0.15, -0.1) is 6.58 Å². The van der Waals surface area contributed by atoms with Crippen molar-refractivity contribution in [1.82, 2.24) is 4.90 Å². The zero-order valence-electron chi connectivity index (χ0n) is 21.6. The lowest BCUT2D eigenvalue weighted by Gasteiger charge is -2.37. The van der Waals surface area contributed by atoms with Crippen LogP contribution in [0.15, 0.2) is 49.6 Å². The molecule has 4 rings (SSSR count). The number of carbonyl (C=O) groups excluding carboxylic acids is 3. The van der Waals surface area contributed by atoms with Crippen molar-refractivity contribution in [2.75, 3.05) is 38.3 Å². The van der Waals surface area contributed by atoms with Gasteiger partial charge in [0.2, 0.25) is 5.91 Å². The van der Waals surface area contributed by atoms with Crippen molar-refractivity contribution in [2.45, 2.75) is 49.9 Å². The molecule has 200 valence electrons. The maximum absolute atomic E-state index is 14.4. The molecule has 3 aliphatic heterocycles. The first-order valence-corrected chi connectivity index (χ1v) is 12.8. The molecule has 1 aromatic rings. The number of fused-ring (bicyclic) bond motifs is 1. The highest BCUT2D eigenvalue weighted by Gasteiger charge is 2.79. The number of benzene rings is 1. The fourth-order valence-electron chi connectivity index (χ4n) is 6.43. The molecular weight excluding hydrogens is 476 g/mol. The van der Waals surface area contributed by atoms with E-state index in [2.05, 4.69) is 13.2 Å². The van der Waals surface area contributed by atoms with Gasteiger partial charge in [-0.25, -0.2) is 0 Å². The van der Waals surface area contributed by atoms with E-state index in [1.54, 1.807) is 42.4 Å². The van der Waals surface area contributed by atoms with Crippen LogP contribution in [0, 0.1) is 11.8 Å². The Morgan fingerprint density at radius 3 is 2.57 bits per heavy atom.